The second kappa shape index (κ2) is 14.1. The molecule has 3 aromatic carbocycles. The van der Waals surface area contributed by atoms with Crippen molar-refractivity contribution in [2.24, 2.45) is 0 Å². The lowest BCUT2D eigenvalue weighted by Gasteiger charge is -2.34. The normalized spacial score (nSPS) is 12.6. The van der Waals surface area contributed by atoms with Crippen molar-refractivity contribution in [1.82, 2.24) is 10.2 Å². The molecule has 42 heavy (non-hydrogen) atoms. The SMILES string of the molecule is CC[C@H](C(=O)NC(C)C)N(CCc1ccccc1)C(=O)CN(c1cc(C(F)(F)F)ccc1Cl)S(=O)(=O)c1ccccc1. The predicted molar refractivity (Wildman–Crippen MR) is 157 cm³/mol. The van der Waals surface area contributed by atoms with Gasteiger partial charge in [-0.25, -0.2) is 8.42 Å². The fraction of sp³-hybridized carbons (Fsp3) is 0.333. The van der Waals surface area contributed by atoms with Gasteiger partial charge >= 0.3 is 6.18 Å². The van der Waals surface area contributed by atoms with Gasteiger partial charge in [0, 0.05) is 12.6 Å². The number of rotatable bonds is 12. The number of carbonyl (C=O) groups excluding carboxylic acids is 2. The van der Waals surface area contributed by atoms with E-state index in [1.807, 2.05) is 30.3 Å². The molecule has 7 nitrogen and oxygen atoms in total. The molecule has 0 unspecified atom stereocenters. The summed E-state index contributed by atoms with van der Waals surface area (Å²) in [5.41, 5.74) is -0.762. The number of hydrogen-bond acceptors (Lipinski definition) is 4. The predicted octanol–water partition coefficient (Wildman–Crippen LogP) is 5.93. The molecule has 1 N–H and O–H groups in total. The molecule has 3 aromatic rings. The summed E-state index contributed by atoms with van der Waals surface area (Å²) in [5, 5.41) is 2.50. The van der Waals surface area contributed by atoms with E-state index in [1.165, 1.54) is 29.2 Å². The Morgan fingerprint density at radius 3 is 2.10 bits per heavy atom. The highest BCUT2D eigenvalue weighted by molar-refractivity contribution is 7.92. The van der Waals surface area contributed by atoms with Gasteiger partial charge in [0.25, 0.3) is 10.0 Å². The first-order valence-electron chi connectivity index (χ1n) is 13.3. The molecule has 0 radical (unpaired) electrons. The number of hydrogen-bond donors (Lipinski definition) is 1. The molecule has 226 valence electrons. The molecule has 0 aliphatic heterocycles. The summed E-state index contributed by atoms with van der Waals surface area (Å²) >= 11 is 6.27. The Hall–Kier alpha value is -3.57. The van der Waals surface area contributed by atoms with Gasteiger partial charge in [-0.1, -0.05) is 67.1 Å². The number of amides is 2. The van der Waals surface area contributed by atoms with Gasteiger partial charge in [0.2, 0.25) is 11.8 Å². The van der Waals surface area contributed by atoms with E-state index in [4.69, 9.17) is 11.6 Å². The lowest BCUT2D eigenvalue weighted by Crippen LogP contribution is -2.54. The van der Waals surface area contributed by atoms with Crippen molar-refractivity contribution in [1.29, 1.82) is 0 Å². The van der Waals surface area contributed by atoms with Crippen LogP contribution in [0.5, 0.6) is 0 Å². The van der Waals surface area contributed by atoms with Gasteiger partial charge in [-0.2, -0.15) is 13.2 Å². The summed E-state index contributed by atoms with van der Waals surface area (Å²) < 4.78 is 69.2. The highest BCUT2D eigenvalue weighted by Gasteiger charge is 2.36. The average Bonchev–Trinajstić information content (AvgIpc) is 2.94. The summed E-state index contributed by atoms with van der Waals surface area (Å²) in [5.74, 6) is -1.20. The summed E-state index contributed by atoms with van der Waals surface area (Å²) in [4.78, 5) is 28.2. The van der Waals surface area contributed by atoms with Crippen molar-refractivity contribution in [2.75, 3.05) is 17.4 Å². The number of nitrogens with zero attached hydrogens (tertiary/aromatic N) is 2. The Balaban J connectivity index is 2.10. The Morgan fingerprint density at radius 1 is 0.952 bits per heavy atom. The van der Waals surface area contributed by atoms with Crippen molar-refractivity contribution in [3.05, 3.63) is 95.0 Å². The van der Waals surface area contributed by atoms with Gasteiger partial charge in [0.1, 0.15) is 12.6 Å². The quantitative estimate of drug-likeness (QED) is 0.271. The summed E-state index contributed by atoms with van der Waals surface area (Å²) in [7, 11) is -4.57. The minimum absolute atomic E-state index is 0.0580. The van der Waals surface area contributed by atoms with Crippen molar-refractivity contribution in [3.63, 3.8) is 0 Å². The summed E-state index contributed by atoms with van der Waals surface area (Å²) in [6.45, 7) is 4.42. The van der Waals surface area contributed by atoms with Crippen LogP contribution in [0, 0.1) is 0 Å². The van der Waals surface area contributed by atoms with E-state index in [0.29, 0.717) is 16.8 Å². The minimum atomic E-state index is -4.80. The molecule has 0 spiro atoms. The number of benzene rings is 3. The van der Waals surface area contributed by atoms with E-state index in [-0.39, 0.29) is 28.9 Å². The molecule has 0 heterocycles. The first-order valence-corrected chi connectivity index (χ1v) is 15.2. The number of sulfonamides is 1. The summed E-state index contributed by atoms with van der Waals surface area (Å²) in [6, 6.07) is 17.3. The van der Waals surface area contributed by atoms with Crippen molar-refractivity contribution in [3.8, 4) is 0 Å². The molecule has 0 aliphatic rings. The molecule has 12 heteroatoms. The number of nitrogens with one attached hydrogen (secondary N) is 1. The van der Waals surface area contributed by atoms with Crippen molar-refractivity contribution >= 4 is 39.1 Å². The van der Waals surface area contributed by atoms with Crippen LogP contribution < -0.4 is 9.62 Å². The Morgan fingerprint density at radius 2 is 1.55 bits per heavy atom. The second-order valence-electron chi connectivity index (χ2n) is 9.90. The molecule has 0 saturated heterocycles. The minimum Gasteiger partial charge on any atom is -0.352 e. The van der Waals surface area contributed by atoms with Gasteiger partial charge in [-0.3, -0.25) is 13.9 Å². The van der Waals surface area contributed by atoms with E-state index in [2.05, 4.69) is 5.32 Å². The van der Waals surface area contributed by atoms with Gasteiger partial charge in [0.05, 0.1) is 21.2 Å². The van der Waals surface area contributed by atoms with Gasteiger partial charge in [-0.15, -0.1) is 0 Å². The first-order chi connectivity index (χ1) is 19.8. The van der Waals surface area contributed by atoms with Crippen molar-refractivity contribution in [2.45, 2.75) is 56.8 Å². The monoisotopic (exact) mass is 623 g/mol. The fourth-order valence-electron chi connectivity index (χ4n) is 4.39. The van der Waals surface area contributed by atoms with E-state index in [0.717, 1.165) is 17.7 Å². The first kappa shape index (κ1) is 32.9. The largest absolute Gasteiger partial charge is 0.416 e. The zero-order valence-corrected chi connectivity index (χ0v) is 25.0. The molecule has 3 rings (SSSR count). The number of alkyl halides is 3. The smallest absolute Gasteiger partial charge is 0.352 e. The molecule has 0 fully saturated rings. The van der Waals surface area contributed by atoms with E-state index in [1.54, 1.807) is 26.8 Å². The van der Waals surface area contributed by atoms with Crippen LogP contribution in [0.3, 0.4) is 0 Å². The Kier molecular flexibility index (Phi) is 11.0. The third-order valence-corrected chi connectivity index (χ3v) is 8.55. The van der Waals surface area contributed by atoms with E-state index >= 15 is 0 Å². The van der Waals surface area contributed by atoms with Crippen LogP contribution in [0.25, 0.3) is 0 Å². The Labute approximate surface area is 249 Å². The maximum atomic E-state index is 14.0. The van der Waals surface area contributed by atoms with Crippen LogP contribution in [0.1, 0.15) is 38.3 Å². The van der Waals surface area contributed by atoms with Crippen LogP contribution in [-0.2, 0) is 32.2 Å². The second-order valence-corrected chi connectivity index (χ2v) is 12.2. The lowest BCUT2D eigenvalue weighted by molar-refractivity contribution is -0.139. The topological polar surface area (TPSA) is 86.8 Å². The third-order valence-electron chi connectivity index (χ3n) is 6.45. The Bertz CT molecular complexity index is 1470. The number of halogens is 4. The molecule has 2 amide bonds. The van der Waals surface area contributed by atoms with Gasteiger partial charge in [-0.05, 0) is 62.6 Å². The zero-order valence-electron chi connectivity index (χ0n) is 23.4. The van der Waals surface area contributed by atoms with Crippen LogP contribution >= 0.6 is 11.6 Å². The van der Waals surface area contributed by atoms with Crippen LogP contribution in [-0.4, -0.2) is 50.3 Å². The lowest BCUT2D eigenvalue weighted by atomic mass is 10.1. The average molecular weight is 624 g/mol. The molecule has 1 atom stereocenters. The van der Waals surface area contributed by atoms with Gasteiger partial charge < -0.3 is 10.2 Å². The van der Waals surface area contributed by atoms with E-state index in [9.17, 15) is 31.2 Å². The fourth-order valence-corrected chi connectivity index (χ4v) is 6.11. The number of carbonyl (C=O) groups is 2. The zero-order chi connectivity index (χ0) is 31.1. The highest BCUT2D eigenvalue weighted by Crippen LogP contribution is 2.37. The standard InChI is InChI=1S/C30H33ClF3N3O4S/c1-4-26(29(39)35-21(2)3)36(18-17-22-11-7-5-8-12-22)28(38)20-37(42(40,41)24-13-9-6-10-14-24)27-19-23(30(32,33)34)15-16-25(27)31/h5-16,19,21,26H,4,17-18,20H2,1-3H3,(H,35,39)/t26-/m1/s1. The van der Waals surface area contributed by atoms with Crippen molar-refractivity contribution < 1.29 is 31.2 Å². The summed E-state index contributed by atoms with van der Waals surface area (Å²) in [6.07, 6.45) is -4.22. The third kappa shape index (κ3) is 8.25. The van der Waals surface area contributed by atoms with Crippen LogP contribution in [0.15, 0.2) is 83.8 Å². The molecule has 0 aromatic heterocycles. The number of anilines is 1. The maximum absolute atomic E-state index is 14.0. The van der Waals surface area contributed by atoms with Gasteiger partial charge in [0.15, 0.2) is 0 Å². The molecular weight excluding hydrogens is 591 g/mol. The van der Waals surface area contributed by atoms with Crippen LogP contribution in [0.4, 0.5) is 18.9 Å². The molecule has 0 saturated carbocycles. The maximum Gasteiger partial charge on any atom is 0.416 e. The van der Waals surface area contributed by atoms with E-state index < -0.39 is 51.9 Å². The molecule has 0 bridgehead atoms. The molecular formula is C30H33ClF3N3O4S. The highest BCUT2D eigenvalue weighted by atomic mass is 35.5. The van der Waals surface area contributed by atoms with Crippen LogP contribution in [0.2, 0.25) is 5.02 Å². The molecule has 0 aliphatic carbocycles.